The summed E-state index contributed by atoms with van der Waals surface area (Å²) in [5.74, 6) is -0.805. The highest BCUT2D eigenvalue weighted by molar-refractivity contribution is 5.94. The fraction of sp³-hybridized carbons (Fsp3) is 0.105. The number of rotatable bonds is 5. The number of carboxylic acid groups (broad SMARTS) is 1. The summed E-state index contributed by atoms with van der Waals surface area (Å²) >= 11 is 0. The number of imidazole rings is 1. The topological polar surface area (TPSA) is 138 Å². The minimum absolute atomic E-state index is 0.0603. The Bertz CT molecular complexity index is 1200. The van der Waals surface area contributed by atoms with Crippen molar-refractivity contribution < 1.29 is 14.7 Å². The number of carboxylic acids is 1. The molecule has 10 heteroatoms. The molecular formula is C19H17N7O3. The number of benzene rings is 1. The number of hydrogen-bond donors (Lipinski definition) is 4. The molecule has 1 aromatic carbocycles. The van der Waals surface area contributed by atoms with Crippen molar-refractivity contribution in [1.29, 1.82) is 0 Å². The summed E-state index contributed by atoms with van der Waals surface area (Å²) in [4.78, 5) is 34.7. The second-order valence-corrected chi connectivity index (χ2v) is 6.18. The van der Waals surface area contributed by atoms with E-state index in [4.69, 9.17) is 0 Å². The van der Waals surface area contributed by atoms with Gasteiger partial charge in [-0.15, -0.1) is 0 Å². The second kappa shape index (κ2) is 7.43. The van der Waals surface area contributed by atoms with Gasteiger partial charge in [-0.3, -0.25) is 10.3 Å². The summed E-state index contributed by atoms with van der Waals surface area (Å²) < 4.78 is 1.46. The molecule has 0 fully saturated rings. The van der Waals surface area contributed by atoms with Gasteiger partial charge in [0.25, 0.3) is 0 Å². The van der Waals surface area contributed by atoms with Gasteiger partial charge in [-0.1, -0.05) is 6.07 Å². The number of carbonyl (C=O) groups is 2. The lowest BCUT2D eigenvalue weighted by atomic mass is 10.1. The number of aromatic nitrogens is 5. The predicted molar refractivity (Wildman–Crippen MR) is 106 cm³/mol. The van der Waals surface area contributed by atoms with Crippen molar-refractivity contribution in [3.8, 4) is 16.8 Å². The van der Waals surface area contributed by atoms with Crippen LogP contribution in [0.15, 0.2) is 49.1 Å². The molecule has 146 valence electrons. The molecule has 0 atom stereocenters. The quantitative estimate of drug-likeness (QED) is 0.413. The van der Waals surface area contributed by atoms with Gasteiger partial charge in [0, 0.05) is 30.7 Å². The van der Waals surface area contributed by atoms with E-state index < -0.39 is 5.97 Å². The molecular weight excluding hydrogens is 374 g/mol. The molecule has 29 heavy (non-hydrogen) atoms. The van der Waals surface area contributed by atoms with E-state index in [9.17, 15) is 14.7 Å². The maximum Gasteiger partial charge on any atom is 0.338 e. The number of carbonyl (C=O) groups excluding carboxylic acids is 1. The number of nitrogens with one attached hydrogen (secondary N) is 3. The Morgan fingerprint density at radius 2 is 2.10 bits per heavy atom. The third kappa shape index (κ3) is 3.63. The Balaban J connectivity index is 1.86. The normalized spacial score (nSPS) is 10.8. The third-order valence-corrected chi connectivity index (χ3v) is 4.21. The first-order valence-corrected chi connectivity index (χ1v) is 8.82. The molecule has 0 aliphatic heterocycles. The van der Waals surface area contributed by atoms with Crippen molar-refractivity contribution in [2.24, 2.45) is 0 Å². The molecule has 0 saturated carbocycles. The molecule has 4 N–H and O–H groups in total. The van der Waals surface area contributed by atoms with Gasteiger partial charge in [0.05, 0.1) is 28.5 Å². The zero-order chi connectivity index (χ0) is 20.4. The second-order valence-electron chi connectivity index (χ2n) is 6.18. The number of fused-ring (bicyclic) bond motifs is 1. The van der Waals surface area contributed by atoms with Crippen LogP contribution in [0, 0.1) is 0 Å². The molecule has 3 heterocycles. The van der Waals surface area contributed by atoms with E-state index in [2.05, 4.69) is 30.7 Å². The maximum absolute atomic E-state index is 11.8. The molecule has 2 amide bonds. The molecule has 0 saturated heterocycles. The summed E-state index contributed by atoms with van der Waals surface area (Å²) in [6, 6.07) is 7.06. The van der Waals surface area contributed by atoms with Gasteiger partial charge in [-0.2, -0.15) is 5.10 Å². The Hall–Kier alpha value is -4.21. The van der Waals surface area contributed by atoms with E-state index in [0.29, 0.717) is 23.3 Å². The van der Waals surface area contributed by atoms with Gasteiger partial charge in [0.2, 0.25) is 5.95 Å². The molecule has 0 radical (unpaired) electrons. The van der Waals surface area contributed by atoms with Crippen LogP contribution in [0.25, 0.3) is 27.8 Å². The lowest BCUT2D eigenvalue weighted by molar-refractivity contribution is 0.0697. The highest BCUT2D eigenvalue weighted by atomic mass is 16.4. The first-order valence-electron chi connectivity index (χ1n) is 8.82. The zero-order valence-electron chi connectivity index (χ0n) is 15.4. The van der Waals surface area contributed by atoms with E-state index >= 15 is 0 Å². The van der Waals surface area contributed by atoms with Crippen LogP contribution in [0.2, 0.25) is 0 Å². The predicted octanol–water partition coefficient (Wildman–Crippen LogP) is 2.65. The molecule has 0 aliphatic carbocycles. The van der Waals surface area contributed by atoms with Crippen molar-refractivity contribution in [2.75, 3.05) is 11.9 Å². The first-order chi connectivity index (χ1) is 14.0. The average molecular weight is 391 g/mol. The van der Waals surface area contributed by atoms with Crippen LogP contribution < -0.4 is 10.6 Å². The van der Waals surface area contributed by atoms with Gasteiger partial charge >= 0.3 is 12.0 Å². The maximum atomic E-state index is 11.8. The number of aromatic amines is 1. The van der Waals surface area contributed by atoms with Gasteiger partial charge in [0.1, 0.15) is 0 Å². The van der Waals surface area contributed by atoms with Crippen molar-refractivity contribution >= 4 is 29.0 Å². The molecule has 3 aromatic heterocycles. The fourth-order valence-corrected chi connectivity index (χ4v) is 2.91. The summed E-state index contributed by atoms with van der Waals surface area (Å²) in [5, 5.41) is 18.7. The minimum atomic E-state index is -1.07. The van der Waals surface area contributed by atoms with Gasteiger partial charge in [-0.25, -0.2) is 19.3 Å². The molecule has 4 aromatic rings. The Kier molecular flexibility index (Phi) is 4.65. The van der Waals surface area contributed by atoms with Crippen molar-refractivity contribution in [3.63, 3.8) is 0 Å². The molecule has 0 bridgehead atoms. The van der Waals surface area contributed by atoms with Crippen molar-refractivity contribution in [1.82, 2.24) is 30.0 Å². The smallest absolute Gasteiger partial charge is 0.338 e. The summed E-state index contributed by atoms with van der Waals surface area (Å²) in [7, 11) is 0. The number of hydrogen-bond acceptors (Lipinski definition) is 5. The number of H-pyrrole nitrogens is 1. The van der Waals surface area contributed by atoms with E-state index in [1.807, 2.05) is 31.2 Å². The standard InChI is InChI=1S/C19H17N7O3/c1-2-21-19(29)25-18-23-14-6-12(11-4-3-5-20-8-11)7-15(16(14)24-18)26-10-13(9-22-26)17(27)28/h3-10H,2H2,1H3,(H,27,28)(H3,21,23,24,25,29). The average Bonchev–Trinajstić information content (AvgIpc) is 3.35. The molecule has 10 nitrogen and oxygen atoms in total. The number of nitrogens with zero attached hydrogens (tertiary/aromatic N) is 4. The Morgan fingerprint density at radius 3 is 2.79 bits per heavy atom. The van der Waals surface area contributed by atoms with Crippen LogP contribution in [0.1, 0.15) is 17.3 Å². The number of aromatic carboxylic acids is 1. The number of pyridine rings is 1. The van der Waals surface area contributed by atoms with Crippen LogP contribution in [0.3, 0.4) is 0 Å². The summed E-state index contributed by atoms with van der Waals surface area (Å²) in [5.41, 5.74) is 3.52. The van der Waals surface area contributed by atoms with Crippen LogP contribution >= 0.6 is 0 Å². The van der Waals surface area contributed by atoms with E-state index in [-0.39, 0.29) is 17.5 Å². The highest BCUT2D eigenvalue weighted by Crippen LogP contribution is 2.29. The third-order valence-electron chi connectivity index (χ3n) is 4.21. The zero-order valence-corrected chi connectivity index (χ0v) is 15.4. The minimum Gasteiger partial charge on any atom is -0.478 e. The largest absolute Gasteiger partial charge is 0.478 e. The molecule has 4 rings (SSSR count). The van der Waals surface area contributed by atoms with Gasteiger partial charge < -0.3 is 15.4 Å². The van der Waals surface area contributed by atoms with Gasteiger partial charge in [0.15, 0.2) is 0 Å². The lowest BCUT2D eigenvalue weighted by Gasteiger charge is -2.07. The lowest BCUT2D eigenvalue weighted by Crippen LogP contribution is -2.28. The van der Waals surface area contributed by atoms with E-state index in [1.165, 1.54) is 17.1 Å². The van der Waals surface area contributed by atoms with E-state index in [0.717, 1.165) is 11.1 Å². The Labute approximate surface area is 164 Å². The van der Waals surface area contributed by atoms with Crippen LogP contribution in [-0.2, 0) is 0 Å². The number of amides is 2. The van der Waals surface area contributed by atoms with E-state index in [1.54, 1.807) is 12.4 Å². The Morgan fingerprint density at radius 1 is 1.24 bits per heavy atom. The SMILES string of the molecule is CCNC(=O)Nc1nc2cc(-c3cccnc3)cc(-n3cc(C(=O)O)cn3)c2[nH]1. The summed E-state index contributed by atoms with van der Waals surface area (Å²) in [6.45, 7) is 2.29. The molecule has 0 aliphatic rings. The van der Waals surface area contributed by atoms with Gasteiger partial charge in [-0.05, 0) is 30.7 Å². The summed E-state index contributed by atoms with van der Waals surface area (Å²) in [6.07, 6.45) is 6.09. The number of anilines is 1. The van der Waals surface area contributed by atoms with Crippen LogP contribution in [0.5, 0.6) is 0 Å². The highest BCUT2D eigenvalue weighted by Gasteiger charge is 2.15. The monoisotopic (exact) mass is 391 g/mol. The van der Waals surface area contributed by atoms with Crippen LogP contribution in [0.4, 0.5) is 10.7 Å². The molecule has 0 spiro atoms. The van der Waals surface area contributed by atoms with Crippen LogP contribution in [-0.4, -0.2) is 48.4 Å². The molecule has 0 unspecified atom stereocenters. The first kappa shape index (κ1) is 18.2. The van der Waals surface area contributed by atoms with Crippen molar-refractivity contribution in [3.05, 3.63) is 54.6 Å². The van der Waals surface area contributed by atoms with Crippen molar-refractivity contribution in [2.45, 2.75) is 6.92 Å². The fourth-order valence-electron chi connectivity index (χ4n) is 2.91. The number of urea groups is 1.